The summed E-state index contributed by atoms with van der Waals surface area (Å²) >= 11 is 0. The maximum absolute atomic E-state index is 12.3. The minimum absolute atomic E-state index is 0.217. The maximum Gasteiger partial charge on any atom is 0.222 e. The van der Waals surface area contributed by atoms with Crippen LogP contribution in [0.25, 0.3) is 0 Å². The summed E-state index contributed by atoms with van der Waals surface area (Å²) in [5.74, 6) is -0.866. The van der Waals surface area contributed by atoms with Crippen molar-refractivity contribution >= 4 is 23.6 Å². The lowest BCUT2D eigenvalue weighted by Crippen LogP contribution is -2.73. The number of carbonyl (C=O) groups excluding carboxylic acids is 4. The molecule has 5 heterocycles. The van der Waals surface area contributed by atoms with Crippen LogP contribution in [0.1, 0.15) is 27.7 Å². The fourth-order valence-electron chi connectivity index (χ4n) is 4.67. The maximum atomic E-state index is 12.3. The van der Waals surface area contributed by atoms with Crippen molar-refractivity contribution in [3.8, 4) is 0 Å². The predicted octanol–water partition coefficient (Wildman–Crippen LogP) is -2.43. The van der Waals surface area contributed by atoms with Crippen molar-refractivity contribution in [1.29, 1.82) is 0 Å². The van der Waals surface area contributed by atoms with E-state index in [0.717, 1.165) is 0 Å². The second-order valence-electron chi connectivity index (χ2n) is 6.65. The first-order chi connectivity index (χ1) is 11.3. The van der Waals surface area contributed by atoms with E-state index in [4.69, 9.17) is 0 Å². The molecule has 5 fully saturated rings. The Morgan fingerprint density at radius 2 is 0.750 bits per heavy atom. The van der Waals surface area contributed by atoms with Gasteiger partial charge in [-0.1, -0.05) is 0 Å². The molecule has 0 radical (unpaired) electrons. The number of nitrogens with zero attached hydrogens (tertiary/aromatic N) is 4. The first-order valence-corrected chi connectivity index (χ1v) is 7.93. The Bertz CT molecular complexity index is 560. The monoisotopic (exact) mass is 336 g/mol. The summed E-state index contributed by atoms with van der Waals surface area (Å²) in [6, 6.07) is 0. The highest BCUT2D eigenvalue weighted by atomic mass is 16.2. The minimum Gasteiger partial charge on any atom is -0.299 e. The summed E-state index contributed by atoms with van der Waals surface area (Å²) in [6.07, 6.45) is -3.14. The summed E-state index contributed by atoms with van der Waals surface area (Å²) in [6.45, 7) is 5.71. The Hall–Kier alpha value is -2.20. The van der Waals surface area contributed by atoms with Crippen molar-refractivity contribution in [3.05, 3.63) is 0 Å². The number of amides is 4. The molecular weight excluding hydrogens is 316 g/mol. The molecule has 0 saturated carbocycles. The van der Waals surface area contributed by atoms with Gasteiger partial charge in [-0.15, -0.1) is 0 Å². The van der Waals surface area contributed by atoms with Gasteiger partial charge in [-0.25, -0.2) is 0 Å². The van der Waals surface area contributed by atoms with E-state index in [1.807, 2.05) is 0 Å². The number of nitrogens with one attached hydrogen (secondary N) is 2. The van der Waals surface area contributed by atoms with Crippen LogP contribution < -0.4 is 10.6 Å². The van der Waals surface area contributed by atoms with Crippen molar-refractivity contribution in [1.82, 2.24) is 30.2 Å². The fraction of sp³-hybridized carbons (Fsp3) is 0.714. The molecule has 5 aliphatic rings. The number of rotatable bonds is 0. The van der Waals surface area contributed by atoms with Gasteiger partial charge in [0.2, 0.25) is 23.6 Å². The van der Waals surface area contributed by atoms with Gasteiger partial charge in [0.15, 0.2) is 0 Å². The van der Waals surface area contributed by atoms with Gasteiger partial charge >= 0.3 is 0 Å². The average molecular weight is 336 g/mol. The summed E-state index contributed by atoms with van der Waals surface area (Å²) in [7, 11) is 0. The Labute approximate surface area is 138 Å². The second-order valence-corrected chi connectivity index (χ2v) is 6.65. The summed E-state index contributed by atoms with van der Waals surface area (Å²) in [5.41, 5.74) is 0. The van der Waals surface area contributed by atoms with Crippen molar-refractivity contribution in [2.24, 2.45) is 0 Å². The summed E-state index contributed by atoms with van der Waals surface area (Å²) in [4.78, 5) is 55.4. The molecule has 2 N–H and O–H groups in total. The van der Waals surface area contributed by atoms with Crippen LogP contribution in [0.15, 0.2) is 0 Å². The third kappa shape index (κ3) is 1.62. The molecule has 0 aromatic heterocycles. The third-order valence-electron chi connectivity index (χ3n) is 5.34. The van der Waals surface area contributed by atoms with Crippen LogP contribution in [0.2, 0.25) is 0 Å². The fourth-order valence-corrected chi connectivity index (χ4v) is 4.67. The predicted molar refractivity (Wildman–Crippen MR) is 79.1 cm³/mol. The number of carbonyl (C=O) groups is 4. The van der Waals surface area contributed by atoms with Crippen molar-refractivity contribution < 1.29 is 19.2 Å². The van der Waals surface area contributed by atoms with Crippen LogP contribution in [0.4, 0.5) is 0 Å². The Kier molecular flexibility index (Phi) is 2.98. The Balaban J connectivity index is 1.93. The lowest BCUT2D eigenvalue weighted by Gasteiger charge is -2.42. The quantitative estimate of drug-likeness (QED) is 0.510. The number of hydrogen-bond acceptors (Lipinski definition) is 6. The summed E-state index contributed by atoms with van der Waals surface area (Å²) in [5, 5.41) is 6.58. The topological polar surface area (TPSA) is 105 Å². The summed E-state index contributed by atoms with van der Waals surface area (Å²) < 4.78 is 0. The average Bonchev–Trinajstić information content (AvgIpc) is 2.85. The van der Waals surface area contributed by atoms with Crippen LogP contribution in [0.3, 0.4) is 0 Å². The van der Waals surface area contributed by atoms with E-state index in [2.05, 4.69) is 10.6 Å². The molecule has 10 heteroatoms. The highest BCUT2D eigenvalue weighted by Crippen LogP contribution is 2.43. The van der Waals surface area contributed by atoms with E-state index in [1.54, 1.807) is 19.6 Å². The van der Waals surface area contributed by atoms with Crippen LogP contribution in [-0.4, -0.2) is 80.2 Å². The highest BCUT2D eigenvalue weighted by molar-refractivity contribution is 5.83. The van der Waals surface area contributed by atoms with Crippen molar-refractivity contribution in [3.63, 3.8) is 0 Å². The molecule has 24 heavy (non-hydrogen) atoms. The molecule has 5 saturated heterocycles. The van der Waals surface area contributed by atoms with Gasteiger partial charge in [-0.2, -0.15) is 0 Å². The molecule has 6 bridgehead atoms. The van der Waals surface area contributed by atoms with Crippen LogP contribution in [-0.2, 0) is 19.2 Å². The lowest BCUT2D eigenvalue weighted by atomic mass is 10.2. The van der Waals surface area contributed by atoms with Gasteiger partial charge in [0.05, 0.1) is 0 Å². The van der Waals surface area contributed by atoms with Gasteiger partial charge in [0.25, 0.3) is 0 Å². The standard InChI is InChI=1S/C14H20N6O4/c1-5(21)17-9-10-16-12-11(15-9)19(7(3)23)14(20(12)8(4)24)13(17)18(10)6(2)22/h9-16H,1-4H3/t9-,10-,11+,12+,13?,14?. The Morgan fingerprint density at radius 1 is 0.542 bits per heavy atom. The van der Waals surface area contributed by atoms with Crippen LogP contribution in [0, 0.1) is 0 Å². The van der Waals surface area contributed by atoms with Crippen LogP contribution >= 0.6 is 0 Å². The molecule has 0 spiro atoms. The molecule has 0 aromatic carbocycles. The molecule has 10 nitrogen and oxygen atoms in total. The van der Waals surface area contributed by atoms with Gasteiger partial charge < -0.3 is 0 Å². The number of hydrogen-bond donors (Lipinski definition) is 2. The molecule has 0 aliphatic carbocycles. The smallest absolute Gasteiger partial charge is 0.222 e. The SMILES string of the molecule is CC(=O)N1C2C3N(C(C)=O)[C@H]4N[C@@H]1[C@@H](N[C@@H]4N3C(C)=O)N2C(C)=O. The van der Waals surface area contributed by atoms with Gasteiger partial charge in [-0.3, -0.25) is 49.4 Å². The minimum atomic E-state index is -0.708. The zero-order chi connectivity index (χ0) is 17.5. The molecule has 5 rings (SSSR count). The largest absolute Gasteiger partial charge is 0.299 e. The van der Waals surface area contributed by atoms with Gasteiger partial charge in [-0.05, 0) is 0 Å². The van der Waals surface area contributed by atoms with E-state index < -0.39 is 37.0 Å². The third-order valence-corrected chi connectivity index (χ3v) is 5.34. The second kappa shape index (κ2) is 4.67. The lowest BCUT2D eigenvalue weighted by molar-refractivity contribution is -0.152. The highest BCUT2D eigenvalue weighted by Gasteiger charge is 2.69. The number of piperazine rings is 1. The molecule has 4 atom stereocenters. The Morgan fingerprint density at radius 3 is 0.917 bits per heavy atom. The van der Waals surface area contributed by atoms with E-state index >= 15 is 0 Å². The van der Waals surface area contributed by atoms with E-state index in [-0.39, 0.29) is 23.6 Å². The first kappa shape index (κ1) is 15.3. The molecule has 0 unspecified atom stereocenters. The molecule has 130 valence electrons. The normalized spacial score (nSPS) is 38.8. The molecular formula is C14H20N6O4. The van der Waals surface area contributed by atoms with Gasteiger partial charge in [0.1, 0.15) is 37.0 Å². The van der Waals surface area contributed by atoms with E-state index in [1.165, 1.54) is 27.7 Å². The van der Waals surface area contributed by atoms with Crippen molar-refractivity contribution in [2.45, 2.75) is 64.7 Å². The van der Waals surface area contributed by atoms with Crippen LogP contribution in [0.5, 0.6) is 0 Å². The molecule has 0 aromatic rings. The zero-order valence-electron chi connectivity index (χ0n) is 13.9. The zero-order valence-corrected chi connectivity index (χ0v) is 13.9. The first-order valence-electron chi connectivity index (χ1n) is 7.93. The van der Waals surface area contributed by atoms with Gasteiger partial charge in [0, 0.05) is 27.7 Å². The molecule has 5 aliphatic heterocycles. The van der Waals surface area contributed by atoms with Crippen molar-refractivity contribution in [2.75, 3.05) is 0 Å². The molecule has 4 amide bonds. The van der Waals surface area contributed by atoms with E-state index in [0.29, 0.717) is 0 Å². The van der Waals surface area contributed by atoms with E-state index in [9.17, 15) is 19.2 Å².